The van der Waals surface area contributed by atoms with Crippen molar-refractivity contribution < 1.29 is 0 Å². The summed E-state index contributed by atoms with van der Waals surface area (Å²) in [5.74, 6) is 1.44. The van der Waals surface area contributed by atoms with Crippen molar-refractivity contribution >= 4 is 0 Å². The highest BCUT2D eigenvalue weighted by atomic mass is 15.0. The molecule has 0 atom stereocenters. The maximum Gasteiger partial charge on any atom is 0.178 e. The number of nitrogens with one attached hydrogen (secondary N) is 1. The van der Waals surface area contributed by atoms with E-state index in [0.29, 0.717) is 5.82 Å². The van der Waals surface area contributed by atoms with Gasteiger partial charge in [0.2, 0.25) is 0 Å². The van der Waals surface area contributed by atoms with Crippen LogP contribution in [0.15, 0.2) is 12.3 Å². The summed E-state index contributed by atoms with van der Waals surface area (Å²) in [6.07, 6.45) is 2.75. The molecule has 0 saturated carbocycles. The molecule has 1 N–H and O–H groups in total. The van der Waals surface area contributed by atoms with E-state index >= 15 is 0 Å². The Morgan fingerprint density at radius 1 is 1.17 bits per heavy atom. The SMILES string of the molecule is Cc1nccc(-c2nc(C)c3c(n2)CNCC3)n1. The van der Waals surface area contributed by atoms with Gasteiger partial charge in [0.25, 0.3) is 0 Å². The Bertz CT molecular complexity index is 594. The zero-order chi connectivity index (χ0) is 12.5. The van der Waals surface area contributed by atoms with E-state index in [0.717, 1.165) is 42.4 Å². The van der Waals surface area contributed by atoms with E-state index in [-0.39, 0.29) is 0 Å². The Morgan fingerprint density at radius 2 is 2.06 bits per heavy atom. The molecular weight excluding hydrogens is 226 g/mol. The van der Waals surface area contributed by atoms with E-state index in [1.165, 1.54) is 5.56 Å². The Labute approximate surface area is 106 Å². The largest absolute Gasteiger partial charge is 0.311 e. The van der Waals surface area contributed by atoms with E-state index in [1.54, 1.807) is 6.20 Å². The molecule has 3 rings (SSSR count). The van der Waals surface area contributed by atoms with Crippen molar-refractivity contribution in [3.63, 3.8) is 0 Å². The molecule has 0 fully saturated rings. The number of rotatable bonds is 1. The maximum atomic E-state index is 4.62. The van der Waals surface area contributed by atoms with Gasteiger partial charge in [0.05, 0.1) is 5.69 Å². The first-order valence-corrected chi connectivity index (χ1v) is 6.11. The van der Waals surface area contributed by atoms with Crippen molar-refractivity contribution in [3.8, 4) is 11.5 Å². The highest BCUT2D eigenvalue weighted by molar-refractivity contribution is 5.50. The van der Waals surface area contributed by atoms with Crippen LogP contribution in [-0.4, -0.2) is 26.5 Å². The lowest BCUT2D eigenvalue weighted by Gasteiger charge is -2.18. The third-order valence-corrected chi connectivity index (χ3v) is 3.15. The molecule has 0 bridgehead atoms. The summed E-state index contributed by atoms with van der Waals surface area (Å²) in [6, 6.07) is 1.85. The fourth-order valence-corrected chi connectivity index (χ4v) is 2.24. The van der Waals surface area contributed by atoms with Gasteiger partial charge in [0.15, 0.2) is 5.82 Å². The fourth-order valence-electron chi connectivity index (χ4n) is 2.24. The molecule has 0 spiro atoms. The maximum absolute atomic E-state index is 4.62. The van der Waals surface area contributed by atoms with Crippen LogP contribution in [0.2, 0.25) is 0 Å². The van der Waals surface area contributed by atoms with Gasteiger partial charge in [-0.1, -0.05) is 0 Å². The van der Waals surface area contributed by atoms with Gasteiger partial charge in [-0.2, -0.15) is 0 Å². The average molecular weight is 241 g/mol. The summed E-state index contributed by atoms with van der Waals surface area (Å²) >= 11 is 0. The predicted octanol–water partition coefficient (Wildman–Crippen LogP) is 1.20. The Morgan fingerprint density at radius 3 is 2.89 bits per heavy atom. The Balaban J connectivity index is 2.11. The molecule has 92 valence electrons. The molecule has 0 saturated heterocycles. The van der Waals surface area contributed by atoms with Crippen molar-refractivity contribution in [2.45, 2.75) is 26.8 Å². The van der Waals surface area contributed by atoms with Gasteiger partial charge in [0, 0.05) is 18.4 Å². The minimum absolute atomic E-state index is 0.695. The molecule has 18 heavy (non-hydrogen) atoms. The first kappa shape index (κ1) is 11.2. The third-order valence-electron chi connectivity index (χ3n) is 3.15. The van der Waals surface area contributed by atoms with Crippen molar-refractivity contribution in [2.75, 3.05) is 6.54 Å². The van der Waals surface area contributed by atoms with Crippen LogP contribution < -0.4 is 5.32 Å². The highest BCUT2D eigenvalue weighted by Crippen LogP contribution is 2.19. The monoisotopic (exact) mass is 241 g/mol. The lowest BCUT2D eigenvalue weighted by atomic mass is 10.0. The summed E-state index contributed by atoms with van der Waals surface area (Å²) in [6.45, 7) is 5.73. The van der Waals surface area contributed by atoms with Crippen molar-refractivity contribution in [3.05, 3.63) is 35.0 Å². The van der Waals surface area contributed by atoms with Crippen LogP contribution in [-0.2, 0) is 13.0 Å². The van der Waals surface area contributed by atoms with E-state index in [1.807, 2.05) is 19.9 Å². The summed E-state index contributed by atoms with van der Waals surface area (Å²) in [7, 11) is 0. The minimum Gasteiger partial charge on any atom is -0.311 e. The molecule has 5 nitrogen and oxygen atoms in total. The molecule has 3 heterocycles. The predicted molar refractivity (Wildman–Crippen MR) is 67.9 cm³/mol. The minimum atomic E-state index is 0.695. The lowest BCUT2D eigenvalue weighted by molar-refractivity contribution is 0.619. The topological polar surface area (TPSA) is 63.6 Å². The second-order valence-corrected chi connectivity index (χ2v) is 4.47. The number of fused-ring (bicyclic) bond motifs is 1. The smallest absolute Gasteiger partial charge is 0.178 e. The molecule has 0 aliphatic carbocycles. The summed E-state index contributed by atoms with van der Waals surface area (Å²) < 4.78 is 0. The molecule has 0 radical (unpaired) electrons. The lowest BCUT2D eigenvalue weighted by Crippen LogP contribution is -2.26. The van der Waals surface area contributed by atoms with Crippen LogP contribution >= 0.6 is 0 Å². The van der Waals surface area contributed by atoms with Crippen LogP contribution in [0.4, 0.5) is 0 Å². The zero-order valence-corrected chi connectivity index (χ0v) is 10.6. The Kier molecular flexibility index (Phi) is 2.76. The summed E-state index contributed by atoms with van der Waals surface area (Å²) in [4.78, 5) is 17.7. The van der Waals surface area contributed by atoms with Gasteiger partial charge in [-0.05, 0) is 38.4 Å². The first-order valence-electron chi connectivity index (χ1n) is 6.11. The van der Waals surface area contributed by atoms with Crippen LogP contribution in [0, 0.1) is 13.8 Å². The van der Waals surface area contributed by atoms with Crippen LogP contribution in [0.3, 0.4) is 0 Å². The van der Waals surface area contributed by atoms with Crippen LogP contribution in [0.25, 0.3) is 11.5 Å². The Hall–Kier alpha value is -1.88. The number of nitrogens with zero attached hydrogens (tertiary/aromatic N) is 4. The van der Waals surface area contributed by atoms with E-state index in [9.17, 15) is 0 Å². The summed E-state index contributed by atoms with van der Waals surface area (Å²) in [5, 5.41) is 3.34. The van der Waals surface area contributed by atoms with Gasteiger partial charge in [0.1, 0.15) is 11.5 Å². The molecule has 0 aromatic carbocycles. The van der Waals surface area contributed by atoms with E-state index in [2.05, 4.69) is 25.3 Å². The highest BCUT2D eigenvalue weighted by Gasteiger charge is 2.16. The molecule has 0 unspecified atom stereocenters. The van der Waals surface area contributed by atoms with Crippen molar-refractivity contribution in [1.82, 2.24) is 25.3 Å². The zero-order valence-electron chi connectivity index (χ0n) is 10.6. The van der Waals surface area contributed by atoms with Crippen molar-refractivity contribution in [2.24, 2.45) is 0 Å². The fraction of sp³-hybridized carbons (Fsp3) is 0.385. The second kappa shape index (κ2) is 4.42. The molecule has 2 aromatic heterocycles. The van der Waals surface area contributed by atoms with Gasteiger partial charge >= 0.3 is 0 Å². The number of hydrogen-bond acceptors (Lipinski definition) is 5. The number of hydrogen-bond donors (Lipinski definition) is 1. The van der Waals surface area contributed by atoms with Crippen LogP contribution in [0.1, 0.15) is 22.8 Å². The standard InChI is InChI=1S/C13H15N5/c1-8-10-3-5-14-7-12(10)18-13(16-8)11-4-6-15-9(2)17-11/h4,6,14H,3,5,7H2,1-2H3. The molecule has 1 aliphatic rings. The van der Waals surface area contributed by atoms with Gasteiger partial charge in [-0.25, -0.2) is 19.9 Å². The average Bonchev–Trinajstić information content (AvgIpc) is 2.39. The van der Waals surface area contributed by atoms with Gasteiger partial charge in [-0.15, -0.1) is 0 Å². The third kappa shape index (κ3) is 1.97. The molecular formula is C13H15N5. The second-order valence-electron chi connectivity index (χ2n) is 4.47. The van der Waals surface area contributed by atoms with Gasteiger partial charge in [-0.3, -0.25) is 0 Å². The molecule has 1 aliphatic heterocycles. The first-order chi connectivity index (χ1) is 8.74. The molecule has 0 amide bonds. The normalized spacial score (nSPS) is 14.3. The quantitative estimate of drug-likeness (QED) is 0.812. The summed E-state index contributed by atoms with van der Waals surface area (Å²) in [5.41, 5.74) is 4.23. The number of aryl methyl sites for hydroxylation is 2. The molecule has 2 aromatic rings. The van der Waals surface area contributed by atoms with Crippen LogP contribution in [0.5, 0.6) is 0 Å². The van der Waals surface area contributed by atoms with Crippen molar-refractivity contribution in [1.29, 1.82) is 0 Å². The van der Waals surface area contributed by atoms with E-state index < -0.39 is 0 Å². The van der Waals surface area contributed by atoms with Gasteiger partial charge < -0.3 is 5.32 Å². The van der Waals surface area contributed by atoms with E-state index in [4.69, 9.17) is 0 Å². The number of aromatic nitrogens is 4. The molecule has 5 heteroatoms.